The predicted octanol–water partition coefficient (Wildman–Crippen LogP) is 2.75. The van der Waals surface area contributed by atoms with Gasteiger partial charge in [-0.1, -0.05) is 6.07 Å². The topological polar surface area (TPSA) is 55.3 Å². The molecule has 1 amide bonds. The number of amides is 1. The second-order valence-corrected chi connectivity index (χ2v) is 4.15. The van der Waals surface area contributed by atoms with Gasteiger partial charge in [0.2, 0.25) is 5.88 Å². The highest BCUT2D eigenvalue weighted by Gasteiger charge is 2.13. The molecule has 1 heterocycles. The zero-order chi connectivity index (χ0) is 14.4. The van der Waals surface area contributed by atoms with E-state index in [0.29, 0.717) is 30.3 Å². The molecule has 0 N–H and O–H groups in total. The fourth-order valence-electron chi connectivity index (χ4n) is 1.85. The molecule has 2 rings (SSSR count). The maximum Gasteiger partial charge on any atom is 0.253 e. The highest BCUT2D eigenvalue weighted by molar-refractivity contribution is 5.94. The van der Waals surface area contributed by atoms with Gasteiger partial charge in [0, 0.05) is 30.9 Å². The maximum absolute atomic E-state index is 12.3. The summed E-state index contributed by atoms with van der Waals surface area (Å²) in [7, 11) is 0. The SMILES string of the molecule is CCN(CC)C(=O)c1cccc(Oc2ccncn2)c1. The van der Waals surface area contributed by atoms with Crippen LogP contribution >= 0.6 is 0 Å². The third kappa shape index (κ3) is 3.32. The fraction of sp³-hybridized carbons (Fsp3) is 0.267. The predicted molar refractivity (Wildman–Crippen MR) is 75.8 cm³/mol. The zero-order valence-electron chi connectivity index (χ0n) is 11.6. The van der Waals surface area contributed by atoms with Crippen LogP contribution in [-0.4, -0.2) is 33.9 Å². The highest BCUT2D eigenvalue weighted by Crippen LogP contribution is 2.20. The van der Waals surface area contributed by atoms with Crippen molar-refractivity contribution in [1.29, 1.82) is 0 Å². The molecule has 0 atom stereocenters. The summed E-state index contributed by atoms with van der Waals surface area (Å²) in [6, 6.07) is 8.77. The Labute approximate surface area is 118 Å². The number of rotatable bonds is 5. The Balaban J connectivity index is 2.18. The van der Waals surface area contributed by atoms with E-state index in [1.807, 2.05) is 13.8 Å². The molecule has 2 aromatic rings. The summed E-state index contributed by atoms with van der Waals surface area (Å²) in [6.45, 7) is 5.30. The smallest absolute Gasteiger partial charge is 0.253 e. The number of hydrogen-bond acceptors (Lipinski definition) is 4. The minimum atomic E-state index is 0.00291. The molecule has 20 heavy (non-hydrogen) atoms. The van der Waals surface area contributed by atoms with Gasteiger partial charge in [0.1, 0.15) is 12.1 Å². The summed E-state index contributed by atoms with van der Waals surface area (Å²) in [5, 5.41) is 0. The van der Waals surface area contributed by atoms with Gasteiger partial charge in [-0.15, -0.1) is 0 Å². The quantitative estimate of drug-likeness (QED) is 0.839. The van der Waals surface area contributed by atoms with Crippen LogP contribution in [0.1, 0.15) is 24.2 Å². The molecule has 0 spiro atoms. The summed E-state index contributed by atoms with van der Waals surface area (Å²) in [4.78, 5) is 21.8. The largest absolute Gasteiger partial charge is 0.439 e. The Morgan fingerprint density at radius 1 is 1.25 bits per heavy atom. The molecule has 1 aromatic heterocycles. The molecule has 104 valence electrons. The number of benzene rings is 1. The van der Waals surface area contributed by atoms with Crippen LogP contribution in [0.15, 0.2) is 42.9 Å². The number of aromatic nitrogens is 2. The highest BCUT2D eigenvalue weighted by atomic mass is 16.5. The van der Waals surface area contributed by atoms with Crippen molar-refractivity contribution in [1.82, 2.24) is 14.9 Å². The Kier molecular flexibility index (Phi) is 4.65. The van der Waals surface area contributed by atoms with Gasteiger partial charge < -0.3 is 9.64 Å². The molecular formula is C15H17N3O2. The van der Waals surface area contributed by atoms with Gasteiger partial charge in [0.25, 0.3) is 5.91 Å². The molecule has 0 aliphatic rings. The lowest BCUT2D eigenvalue weighted by molar-refractivity contribution is 0.0772. The van der Waals surface area contributed by atoms with E-state index in [2.05, 4.69) is 9.97 Å². The molecule has 5 heteroatoms. The molecule has 0 bridgehead atoms. The van der Waals surface area contributed by atoms with Crippen molar-refractivity contribution >= 4 is 5.91 Å². The first kappa shape index (κ1) is 14.0. The first-order valence-electron chi connectivity index (χ1n) is 6.57. The van der Waals surface area contributed by atoms with Gasteiger partial charge in [0.05, 0.1) is 0 Å². The fourth-order valence-corrected chi connectivity index (χ4v) is 1.85. The second kappa shape index (κ2) is 6.65. The van der Waals surface area contributed by atoms with Crippen LogP contribution in [0, 0.1) is 0 Å². The third-order valence-corrected chi connectivity index (χ3v) is 2.91. The lowest BCUT2D eigenvalue weighted by Crippen LogP contribution is -2.30. The van der Waals surface area contributed by atoms with Crippen molar-refractivity contribution in [3.8, 4) is 11.6 Å². The van der Waals surface area contributed by atoms with Crippen LogP contribution in [0.25, 0.3) is 0 Å². The molecule has 0 saturated carbocycles. The Morgan fingerprint density at radius 2 is 2.05 bits per heavy atom. The van der Waals surface area contributed by atoms with Crippen molar-refractivity contribution in [2.45, 2.75) is 13.8 Å². The maximum atomic E-state index is 12.3. The van der Waals surface area contributed by atoms with E-state index in [1.54, 1.807) is 41.4 Å². The Bertz CT molecular complexity index is 568. The lowest BCUT2D eigenvalue weighted by Gasteiger charge is -2.18. The summed E-state index contributed by atoms with van der Waals surface area (Å²) in [5.74, 6) is 1.04. The van der Waals surface area contributed by atoms with Crippen molar-refractivity contribution in [2.24, 2.45) is 0 Å². The average Bonchev–Trinajstić information content (AvgIpc) is 2.49. The molecule has 0 unspecified atom stereocenters. The van der Waals surface area contributed by atoms with Crippen molar-refractivity contribution in [3.63, 3.8) is 0 Å². The van der Waals surface area contributed by atoms with Gasteiger partial charge in [-0.25, -0.2) is 9.97 Å². The van der Waals surface area contributed by atoms with Gasteiger partial charge in [-0.2, -0.15) is 0 Å². The van der Waals surface area contributed by atoms with Crippen LogP contribution in [0.3, 0.4) is 0 Å². The third-order valence-electron chi connectivity index (χ3n) is 2.91. The lowest BCUT2D eigenvalue weighted by atomic mass is 10.2. The number of hydrogen-bond donors (Lipinski definition) is 0. The van der Waals surface area contributed by atoms with E-state index in [1.165, 1.54) is 6.33 Å². The molecule has 1 aromatic carbocycles. The van der Waals surface area contributed by atoms with Crippen LogP contribution in [0.5, 0.6) is 11.6 Å². The van der Waals surface area contributed by atoms with E-state index in [-0.39, 0.29) is 5.91 Å². The monoisotopic (exact) mass is 271 g/mol. The summed E-state index contributed by atoms with van der Waals surface area (Å²) in [6.07, 6.45) is 3.02. The minimum absolute atomic E-state index is 0.00291. The average molecular weight is 271 g/mol. The van der Waals surface area contributed by atoms with Crippen LogP contribution in [-0.2, 0) is 0 Å². The van der Waals surface area contributed by atoms with Crippen molar-refractivity contribution in [3.05, 3.63) is 48.4 Å². The number of carbonyl (C=O) groups is 1. The van der Waals surface area contributed by atoms with Crippen LogP contribution < -0.4 is 4.74 Å². The van der Waals surface area contributed by atoms with Crippen LogP contribution in [0.2, 0.25) is 0 Å². The van der Waals surface area contributed by atoms with Crippen molar-refractivity contribution in [2.75, 3.05) is 13.1 Å². The first-order chi connectivity index (χ1) is 9.74. The van der Waals surface area contributed by atoms with E-state index >= 15 is 0 Å². The van der Waals surface area contributed by atoms with E-state index < -0.39 is 0 Å². The summed E-state index contributed by atoms with van der Waals surface area (Å²) >= 11 is 0. The summed E-state index contributed by atoms with van der Waals surface area (Å²) < 4.78 is 5.59. The zero-order valence-corrected chi connectivity index (χ0v) is 11.6. The number of carbonyl (C=O) groups excluding carboxylic acids is 1. The first-order valence-corrected chi connectivity index (χ1v) is 6.57. The molecule has 5 nitrogen and oxygen atoms in total. The molecule has 0 aliphatic heterocycles. The molecule has 0 fully saturated rings. The van der Waals surface area contributed by atoms with E-state index in [9.17, 15) is 4.79 Å². The van der Waals surface area contributed by atoms with E-state index in [0.717, 1.165) is 0 Å². The molecule has 0 aliphatic carbocycles. The Hall–Kier alpha value is -2.43. The van der Waals surface area contributed by atoms with Gasteiger partial charge in [-0.05, 0) is 32.0 Å². The second-order valence-electron chi connectivity index (χ2n) is 4.15. The molecule has 0 radical (unpaired) electrons. The number of ether oxygens (including phenoxy) is 1. The standard InChI is InChI=1S/C15H17N3O2/c1-3-18(4-2)15(19)12-6-5-7-13(10-12)20-14-8-9-16-11-17-14/h5-11H,3-4H2,1-2H3. The van der Waals surface area contributed by atoms with Gasteiger partial charge in [-0.3, -0.25) is 4.79 Å². The number of nitrogens with zero attached hydrogens (tertiary/aromatic N) is 3. The Morgan fingerprint density at radius 3 is 2.70 bits per heavy atom. The van der Waals surface area contributed by atoms with Gasteiger partial charge in [0.15, 0.2) is 0 Å². The van der Waals surface area contributed by atoms with Crippen molar-refractivity contribution < 1.29 is 9.53 Å². The van der Waals surface area contributed by atoms with Crippen LogP contribution in [0.4, 0.5) is 0 Å². The normalized spacial score (nSPS) is 10.1. The summed E-state index contributed by atoms with van der Waals surface area (Å²) in [5.41, 5.74) is 0.611. The van der Waals surface area contributed by atoms with Gasteiger partial charge >= 0.3 is 0 Å². The minimum Gasteiger partial charge on any atom is -0.439 e. The molecule has 0 saturated heterocycles. The van der Waals surface area contributed by atoms with E-state index in [4.69, 9.17) is 4.74 Å². The molecular weight excluding hydrogens is 254 g/mol.